The molecular weight excluding hydrogens is 467 g/mol. The second-order valence-corrected chi connectivity index (χ2v) is 7.43. The third-order valence-corrected chi connectivity index (χ3v) is 4.73. The van der Waals surface area contributed by atoms with E-state index in [0.717, 1.165) is 58.2 Å². The number of guanidine groups is 1. The number of hydrogen-bond donors (Lipinski definition) is 3. The topological polar surface area (TPSA) is 69.1 Å². The predicted octanol–water partition coefficient (Wildman–Crippen LogP) is 2.05. The monoisotopic (exact) mass is 504 g/mol. The summed E-state index contributed by atoms with van der Waals surface area (Å²) in [5.41, 5.74) is 1.83. The van der Waals surface area contributed by atoms with E-state index in [9.17, 15) is 5.11 Å². The lowest BCUT2D eigenvalue weighted by molar-refractivity contribution is -0.0179. The minimum Gasteiger partial charge on any atom is -0.387 e. The fourth-order valence-electron chi connectivity index (χ4n) is 3.15. The maximum atomic E-state index is 10.7. The molecule has 6 nitrogen and oxygen atoms in total. The summed E-state index contributed by atoms with van der Waals surface area (Å²) in [5, 5.41) is 17.3. The van der Waals surface area contributed by atoms with E-state index in [-0.39, 0.29) is 24.0 Å². The van der Waals surface area contributed by atoms with E-state index in [1.165, 1.54) is 11.1 Å². The van der Waals surface area contributed by atoms with Crippen LogP contribution >= 0.6 is 24.0 Å². The Morgan fingerprint density at radius 1 is 1.14 bits per heavy atom. The number of nitrogens with one attached hydrogen (secondary N) is 2. The number of aliphatic hydroxyl groups is 1. The van der Waals surface area contributed by atoms with Gasteiger partial charge in [0.05, 0.1) is 25.4 Å². The number of morpholine rings is 1. The molecule has 0 bridgehead atoms. The summed E-state index contributed by atoms with van der Waals surface area (Å²) in [6.07, 6.45) is 2.01. The Hall–Kier alpha value is -0.900. The highest BCUT2D eigenvalue weighted by Crippen LogP contribution is 2.09. The summed E-state index contributed by atoms with van der Waals surface area (Å²) in [5.74, 6) is 0.755. The summed E-state index contributed by atoms with van der Waals surface area (Å²) in [6.45, 7) is 11.9. The number of β-amino-alcohol motifs (C(OH)–C–C–N with tert-alkyl or cyclic N) is 1. The van der Waals surface area contributed by atoms with Crippen molar-refractivity contribution in [1.29, 1.82) is 0 Å². The maximum absolute atomic E-state index is 10.7. The summed E-state index contributed by atoms with van der Waals surface area (Å²) in [6, 6.07) is 8.77. The van der Waals surface area contributed by atoms with Crippen LogP contribution in [0.2, 0.25) is 0 Å². The molecule has 1 aliphatic heterocycles. The van der Waals surface area contributed by atoms with Gasteiger partial charge in [-0.25, -0.2) is 0 Å². The molecule has 1 fully saturated rings. The van der Waals surface area contributed by atoms with Gasteiger partial charge in [-0.15, -0.1) is 24.0 Å². The molecule has 0 spiro atoms. The van der Waals surface area contributed by atoms with Crippen LogP contribution in [0.1, 0.15) is 31.9 Å². The molecule has 0 amide bonds. The zero-order chi connectivity index (χ0) is 19.5. The number of halogens is 1. The highest BCUT2D eigenvalue weighted by molar-refractivity contribution is 14.0. The molecule has 1 aromatic rings. The summed E-state index contributed by atoms with van der Waals surface area (Å²) < 4.78 is 5.37. The lowest BCUT2D eigenvalue weighted by Crippen LogP contribution is -2.48. The highest BCUT2D eigenvalue weighted by atomic mass is 127. The van der Waals surface area contributed by atoms with Crippen molar-refractivity contribution >= 4 is 29.9 Å². The number of ether oxygens (including phenoxy) is 1. The van der Waals surface area contributed by atoms with Crippen LogP contribution in [0.5, 0.6) is 0 Å². The third kappa shape index (κ3) is 9.54. The fraction of sp³-hybridized carbons (Fsp3) is 0.667. The lowest BCUT2D eigenvalue weighted by Gasteiger charge is -2.33. The van der Waals surface area contributed by atoms with Gasteiger partial charge in [0, 0.05) is 32.7 Å². The van der Waals surface area contributed by atoms with E-state index in [1.54, 1.807) is 0 Å². The predicted molar refractivity (Wildman–Crippen MR) is 127 cm³/mol. The zero-order valence-corrected chi connectivity index (χ0v) is 19.9. The zero-order valence-electron chi connectivity index (χ0n) is 17.5. The summed E-state index contributed by atoms with van der Waals surface area (Å²) in [7, 11) is 0. The quantitative estimate of drug-likeness (QED) is 0.273. The number of rotatable bonds is 9. The molecule has 0 radical (unpaired) electrons. The molecule has 7 heteroatoms. The number of hydrogen-bond acceptors (Lipinski definition) is 4. The average molecular weight is 504 g/mol. The number of aryl methyl sites for hydroxylation is 1. The molecule has 1 saturated heterocycles. The van der Waals surface area contributed by atoms with Crippen LogP contribution in [0.3, 0.4) is 0 Å². The molecule has 28 heavy (non-hydrogen) atoms. The van der Waals surface area contributed by atoms with Gasteiger partial charge in [0.15, 0.2) is 5.96 Å². The third-order valence-electron chi connectivity index (χ3n) is 4.73. The first kappa shape index (κ1) is 25.1. The van der Waals surface area contributed by atoms with Crippen LogP contribution in [0.15, 0.2) is 29.3 Å². The molecule has 0 aromatic heterocycles. The molecule has 1 aromatic carbocycles. The van der Waals surface area contributed by atoms with Crippen molar-refractivity contribution in [2.45, 2.75) is 39.2 Å². The van der Waals surface area contributed by atoms with Crippen molar-refractivity contribution in [2.75, 3.05) is 52.5 Å². The van der Waals surface area contributed by atoms with Crippen LogP contribution in [0.25, 0.3) is 0 Å². The van der Waals surface area contributed by atoms with Gasteiger partial charge in [0.25, 0.3) is 0 Å². The van der Waals surface area contributed by atoms with Gasteiger partial charge in [0.2, 0.25) is 0 Å². The largest absolute Gasteiger partial charge is 0.387 e. The van der Waals surface area contributed by atoms with Crippen molar-refractivity contribution in [3.8, 4) is 0 Å². The van der Waals surface area contributed by atoms with Crippen molar-refractivity contribution < 1.29 is 9.84 Å². The minimum absolute atomic E-state index is 0. The van der Waals surface area contributed by atoms with Crippen LogP contribution in [0, 0.1) is 0 Å². The minimum atomic E-state index is -0.852. The van der Waals surface area contributed by atoms with Crippen molar-refractivity contribution in [3.63, 3.8) is 0 Å². The first-order valence-corrected chi connectivity index (χ1v) is 10.1. The second kappa shape index (κ2) is 13.3. The molecule has 1 unspecified atom stereocenters. The Kier molecular flexibility index (Phi) is 12.0. The Morgan fingerprint density at radius 3 is 2.39 bits per heavy atom. The number of benzene rings is 1. The average Bonchev–Trinajstić information content (AvgIpc) is 2.67. The normalized spacial score (nSPS) is 17.5. The van der Waals surface area contributed by atoms with Gasteiger partial charge in [-0.1, -0.05) is 31.2 Å². The fourth-order valence-corrected chi connectivity index (χ4v) is 3.15. The molecule has 1 atom stereocenters. The van der Waals surface area contributed by atoms with Crippen LogP contribution in [-0.2, 0) is 17.6 Å². The molecule has 1 heterocycles. The molecule has 160 valence electrons. The van der Waals surface area contributed by atoms with E-state index in [0.29, 0.717) is 13.1 Å². The van der Waals surface area contributed by atoms with E-state index in [4.69, 9.17) is 4.74 Å². The molecule has 1 aliphatic rings. The highest BCUT2D eigenvalue weighted by Gasteiger charge is 2.25. The van der Waals surface area contributed by atoms with Crippen LogP contribution < -0.4 is 10.6 Å². The van der Waals surface area contributed by atoms with Gasteiger partial charge < -0.3 is 20.5 Å². The van der Waals surface area contributed by atoms with Crippen molar-refractivity contribution in [1.82, 2.24) is 15.5 Å². The van der Waals surface area contributed by atoms with Gasteiger partial charge >= 0.3 is 0 Å². The standard InChI is InChI=1S/C21H36N4O2.HI/c1-4-18-6-8-19(9-7-18)10-11-23-20(22-5-2)24-16-21(3,26)17-25-12-14-27-15-13-25;/h6-9,26H,4-5,10-17H2,1-3H3,(H2,22,23,24);1H. The molecule has 2 rings (SSSR count). The number of nitrogens with zero attached hydrogens (tertiary/aromatic N) is 2. The maximum Gasteiger partial charge on any atom is 0.191 e. The van der Waals surface area contributed by atoms with E-state index in [2.05, 4.69) is 51.7 Å². The van der Waals surface area contributed by atoms with Crippen LogP contribution in [-0.4, -0.2) is 74.0 Å². The Balaban J connectivity index is 0.00000392. The Morgan fingerprint density at radius 2 is 1.79 bits per heavy atom. The Labute approximate surface area is 187 Å². The molecular formula is C21H37IN4O2. The van der Waals surface area contributed by atoms with Gasteiger partial charge in [-0.05, 0) is 37.8 Å². The van der Waals surface area contributed by atoms with E-state index in [1.807, 2.05) is 13.8 Å². The second-order valence-electron chi connectivity index (χ2n) is 7.43. The smallest absolute Gasteiger partial charge is 0.191 e. The summed E-state index contributed by atoms with van der Waals surface area (Å²) >= 11 is 0. The first-order valence-electron chi connectivity index (χ1n) is 10.1. The van der Waals surface area contributed by atoms with Gasteiger partial charge in [-0.3, -0.25) is 9.89 Å². The SMILES string of the molecule is CCNC(=NCC(C)(O)CN1CCOCC1)NCCc1ccc(CC)cc1.I. The molecule has 3 N–H and O–H groups in total. The molecule has 0 saturated carbocycles. The van der Waals surface area contributed by atoms with Crippen molar-refractivity contribution in [3.05, 3.63) is 35.4 Å². The number of aliphatic imine (C=N–C) groups is 1. The Bertz CT molecular complexity index is 572. The van der Waals surface area contributed by atoms with Gasteiger partial charge in [0.1, 0.15) is 0 Å². The first-order chi connectivity index (χ1) is 13.0. The van der Waals surface area contributed by atoms with E-state index < -0.39 is 5.60 Å². The van der Waals surface area contributed by atoms with Crippen LogP contribution in [0.4, 0.5) is 0 Å². The lowest BCUT2D eigenvalue weighted by atomic mass is 10.1. The molecule has 0 aliphatic carbocycles. The van der Waals surface area contributed by atoms with E-state index >= 15 is 0 Å². The van der Waals surface area contributed by atoms with Crippen molar-refractivity contribution in [2.24, 2.45) is 4.99 Å². The summed E-state index contributed by atoms with van der Waals surface area (Å²) in [4.78, 5) is 6.83. The van der Waals surface area contributed by atoms with Gasteiger partial charge in [-0.2, -0.15) is 0 Å².